The van der Waals surface area contributed by atoms with Crippen molar-refractivity contribution in [2.45, 2.75) is 119 Å². The van der Waals surface area contributed by atoms with Crippen LogP contribution in [0.3, 0.4) is 0 Å². The van der Waals surface area contributed by atoms with Gasteiger partial charge in [-0.05, 0) is 77.2 Å². The quantitative estimate of drug-likeness (QED) is 0.238. The summed E-state index contributed by atoms with van der Waals surface area (Å²) >= 11 is 1.59. The van der Waals surface area contributed by atoms with Gasteiger partial charge in [-0.15, -0.1) is 11.3 Å². The van der Waals surface area contributed by atoms with Gasteiger partial charge in [0.1, 0.15) is 11.9 Å². The fraction of sp³-hybridized carbons (Fsp3) is 0.700. The van der Waals surface area contributed by atoms with Crippen LogP contribution in [0.5, 0.6) is 0 Å². The molecule has 0 bridgehead atoms. The number of aliphatic hydroxyl groups excluding tert-OH is 1. The first-order chi connectivity index (χ1) is 17.5. The van der Waals surface area contributed by atoms with Crippen molar-refractivity contribution in [1.82, 2.24) is 4.98 Å². The molecule has 0 fully saturated rings. The van der Waals surface area contributed by atoms with Crippen LogP contribution in [0.1, 0.15) is 84.3 Å². The molecule has 0 spiro atoms. The topological polar surface area (TPSA) is 85.7 Å². The second kappa shape index (κ2) is 13.6. The van der Waals surface area contributed by atoms with Crippen LogP contribution < -0.4 is 0 Å². The van der Waals surface area contributed by atoms with Crippen LogP contribution in [0.15, 0.2) is 22.6 Å². The molecule has 0 amide bonds. The third-order valence-corrected chi connectivity index (χ3v) is 9.28. The Labute approximate surface area is 235 Å². The number of allylic oxidation sites excluding steroid dienone is 1. The van der Waals surface area contributed by atoms with Crippen LogP contribution in [0, 0.1) is 24.2 Å². The molecule has 1 aromatic rings. The third kappa shape index (κ3) is 9.54. The van der Waals surface area contributed by atoms with Gasteiger partial charge in [-0.25, -0.2) is 4.98 Å². The number of rotatable bonds is 4. The van der Waals surface area contributed by atoms with Crippen molar-refractivity contribution < 1.29 is 23.9 Å². The zero-order chi connectivity index (χ0) is 28.8. The van der Waals surface area contributed by atoms with Crippen LogP contribution in [-0.2, 0) is 18.8 Å². The molecule has 0 saturated heterocycles. The lowest BCUT2D eigenvalue weighted by Crippen LogP contribution is -2.49. The molecule has 38 heavy (non-hydrogen) atoms. The van der Waals surface area contributed by atoms with Gasteiger partial charge in [0.05, 0.1) is 29.3 Å². The number of carbonyl (C=O) groups is 2. The van der Waals surface area contributed by atoms with Crippen molar-refractivity contribution in [3.63, 3.8) is 0 Å². The van der Waals surface area contributed by atoms with Gasteiger partial charge in [-0.2, -0.15) is 0 Å². The molecule has 2 rings (SSSR count). The minimum absolute atomic E-state index is 0.00808. The highest BCUT2D eigenvalue weighted by molar-refractivity contribution is 7.09. The fourth-order valence-electron chi connectivity index (χ4n) is 5.01. The summed E-state index contributed by atoms with van der Waals surface area (Å²) in [6.07, 6.45) is 5.51. The number of aromatic nitrogens is 1. The van der Waals surface area contributed by atoms with E-state index in [-0.39, 0.29) is 24.1 Å². The number of nitrogens with zero attached hydrogens (tertiary/aromatic N) is 1. The summed E-state index contributed by atoms with van der Waals surface area (Å²) in [5.74, 6) is -1.04. The zero-order valence-corrected chi connectivity index (χ0v) is 26.9. The van der Waals surface area contributed by atoms with Gasteiger partial charge < -0.3 is 14.3 Å². The van der Waals surface area contributed by atoms with Crippen molar-refractivity contribution in [1.29, 1.82) is 0 Å². The van der Waals surface area contributed by atoms with Crippen LogP contribution in [0.4, 0.5) is 0 Å². The SMILES string of the molecule is C/C1=C/C[C@@H](/C(C)=C/c2csc(C)n2)OC(=O)C[C@H](O[Si](C)(C)C)C(C)(C)C(=O)[C@H](C)[C@@H](O)[C@H](C)CCC1. The molecular formula is C30H49NO5SSi. The van der Waals surface area contributed by atoms with E-state index < -0.39 is 38.0 Å². The fourth-order valence-corrected chi connectivity index (χ4v) is 6.81. The predicted molar refractivity (Wildman–Crippen MR) is 159 cm³/mol. The van der Waals surface area contributed by atoms with Gasteiger partial charge in [-0.1, -0.05) is 39.3 Å². The number of Topliss-reactive ketones (excluding diaryl/α,β-unsaturated/α-hetero) is 1. The van der Waals surface area contributed by atoms with Crippen molar-refractivity contribution in [3.05, 3.63) is 33.3 Å². The summed E-state index contributed by atoms with van der Waals surface area (Å²) in [4.78, 5) is 31.7. The molecule has 5 atom stereocenters. The van der Waals surface area contributed by atoms with E-state index in [9.17, 15) is 14.7 Å². The number of ketones is 1. The number of hydrogen-bond donors (Lipinski definition) is 1. The highest BCUT2D eigenvalue weighted by Gasteiger charge is 2.45. The number of hydrogen-bond acceptors (Lipinski definition) is 7. The summed E-state index contributed by atoms with van der Waals surface area (Å²) < 4.78 is 12.5. The molecule has 0 aliphatic carbocycles. The van der Waals surface area contributed by atoms with E-state index in [0.29, 0.717) is 6.42 Å². The molecule has 1 aliphatic rings. The molecule has 2 heterocycles. The minimum atomic E-state index is -2.12. The number of ether oxygens (including phenoxy) is 1. The van der Waals surface area contributed by atoms with Crippen LogP contribution in [-0.4, -0.2) is 48.5 Å². The maximum absolute atomic E-state index is 13.7. The standard InChI is InChI=1S/C30H49NO5SSi/c1-19-12-11-13-20(2)28(33)22(4)29(34)30(6,7)26(36-38(8,9)10)17-27(32)35-25(15-14-19)21(3)16-24-18-37-23(5)31-24/h14,16,18,20,22,25-26,28,33H,11-13,15,17H2,1-10H3/b19-14-,21-16+/t20-,22-,25+,26+,28+/m1/s1. The van der Waals surface area contributed by atoms with Gasteiger partial charge in [-0.3, -0.25) is 9.59 Å². The smallest absolute Gasteiger partial charge is 0.309 e. The summed E-state index contributed by atoms with van der Waals surface area (Å²) in [7, 11) is -2.12. The van der Waals surface area contributed by atoms with E-state index in [1.165, 1.54) is 5.57 Å². The Hall–Kier alpha value is -1.61. The van der Waals surface area contributed by atoms with Crippen molar-refractivity contribution in [3.8, 4) is 0 Å². The third-order valence-electron chi connectivity index (χ3n) is 7.50. The van der Waals surface area contributed by atoms with Gasteiger partial charge in [0.2, 0.25) is 0 Å². The largest absolute Gasteiger partial charge is 0.457 e. The number of esters is 1. The van der Waals surface area contributed by atoms with Gasteiger partial charge in [0.15, 0.2) is 8.32 Å². The number of carbonyl (C=O) groups excluding carboxylic acids is 2. The Kier molecular flexibility index (Phi) is 11.7. The summed E-state index contributed by atoms with van der Waals surface area (Å²) in [6.45, 7) is 19.7. The molecule has 1 aliphatic heterocycles. The van der Waals surface area contributed by atoms with Crippen molar-refractivity contribution in [2.75, 3.05) is 0 Å². The Bertz CT molecular complexity index is 1020. The van der Waals surface area contributed by atoms with Crippen molar-refractivity contribution >= 4 is 37.5 Å². The Morgan fingerprint density at radius 2 is 1.89 bits per heavy atom. The van der Waals surface area contributed by atoms with Gasteiger partial charge >= 0.3 is 5.97 Å². The molecule has 0 radical (unpaired) electrons. The first-order valence-corrected chi connectivity index (χ1v) is 18.2. The van der Waals surface area contributed by atoms with E-state index in [1.807, 2.05) is 46.1 Å². The Morgan fingerprint density at radius 3 is 2.47 bits per heavy atom. The van der Waals surface area contributed by atoms with Gasteiger partial charge in [0, 0.05) is 23.1 Å². The number of aliphatic hydroxyl groups is 1. The first kappa shape index (κ1) is 32.6. The van der Waals surface area contributed by atoms with Crippen LogP contribution in [0.2, 0.25) is 19.6 Å². The van der Waals surface area contributed by atoms with Crippen LogP contribution in [0.25, 0.3) is 6.08 Å². The lowest BCUT2D eigenvalue weighted by Gasteiger charge is -2.39. The van der Waals surface area contributed by atoms with Crippen molar-refractivity contribution in [2.24, 2.45) is 17.3 Å². The summed E-state index contributed by atoms with van der Waals surface area (Å²) in [6, 6.07) is 0. The van der Waals surface area contributed by atoms with E-state index in [0.717, 1.165) is 35.5 Å². The molecule has 8 heteroatoms. The van der Waals surface area contributed by atoms with E-state index in [1.54, 1.807) is 18.3 Å². The number of aryl methyl sites for hydroxylation is 1. The van der Waals surface area contributed by atoms with Gasteiger partial charge in [0.25, 0.3) is 0 Å². The first-order valence-electron chi connectivity index (χ1n) is 13.9. The van der Waals surface area contributed by atoms with E-state index in [4.69, 9.17) is 9.16 Å². The summed E-state index contributed by atoms with van der Waals surface area (Å²) in [5, 5.41) is 14.0. The number of thiazole rings is 1. The molecule has 0 unspecified atom stereocenters. The highest BCUT2D eigenvalue weighted by Crippen LogP contribution is 2.35. The minimum Gasteiger partial charge on any atom is -0.457 e. The van der Waals surface area contributed by atoms with Crippen LogP contribution >= 0.6 is 11.3 Å². The normalized spacial score (nSPS) is 30.4. The Morgan fingerprint density at radius 1 is 1.24 bits per heavy atom. The Balaban J connectivity index is 2.46. The monoisotopic (exact) mass is 563 g/mol. The number of cyclic esters (lactones) is 1. The molecule has 1 aromatic heterocycles. The van der Waals surface area contributed by atoms with E-state index >= 15 is 0 Å². The molecule has 1 N–H and O–H groups in total. The second-order valence-corrected chi connectivity index (χ2v) is 18.1. The highest BCUT2D eigenvalue weighted by atomic mass is 32.1. The molecule has 6 nitrogen and oxygen atoms in total. The lowest BCUT2D eigenvalue weighted by molar-refractivity contribution is -0.153. The average molecular weight is 564 g/mol. The molecular weight excluding hydrogens is 514 g/mol. The predicted octanol–water partition coefficient (Wildman–Crippen LogP) is 7.13. The lowest BCUT2D eigenvalue weighted by atomic mass is 9.73. The summed E-state index contributed by atoms with van der Waals surface area (Å²) in [5.41, 5.74) is 2.05. The van der Waals surface area contributed by atoms with E-state index in [2.05, 4.69) is 37.6 Å². The maximum Gasteiger partial charge on any atom is 0.309 e. The molecule has 0 aromatic carbocycles. The maximum atomic E-state index is 13.7. The molecule has 0 saturated carbocycles. The average Bonchev–Trinajstić information content (AvgIpc) is 3.22. The zero-order valence-electron chi connectivity index (χ0n) is 25.1. The molecule has 214 valence electrons. The second-order valence-electron chi connectivity index (χ2n) is 12.6.